The van der Waals surface area contributed by atoms with Crippen LogP contribution in [0.4, 0.5) is 0 Å². The van der Waals surface area contributed by atoms with E-state index >= 15 is 0 Å². The SMILES string of the molecule is C=CCCC1(COC(C)=O)C(OC)=CCC=C1[Si](C)(C)C. The molecular weight excluding hydrogens is 280 g/mol. The van der Waals surface area contributed by atoms with E-state index < -0.39 is 8.07 Å². The lowest BCUT2D eigenvalue weighted by molar-refractivity contribution is -0.143. The zero-order valence-corrected chi connectivity index (χ0v) is 15.0. The molecule has 1 rings (SSSR count). The van der Waals surface area contributed by atoms with Gasteiger partial charge in [0, 0.05) is 6.92 Å². The molecule has 0 spiro atoms. The summed E-state index contributed by atoms with van der Waals surface area (Å²) in [5.41, 5.74) is -0.322. The molecule has 1 aliphatic rings. The highest BCUT2D eigenvalue weighted by atomic mass is 28.3. The number of carbonyl (C=O) groups is 1. The highest BCUT2D eigenvalue weighted by Crippen LogP contribution is 2.47. The average molecular weight is 308 g/mol. The van der Waals surface area contributed by atoms with Gasteiger partial charge in [-0.15, -0.1) is 6.58 Å². The molecule has 118 valence electrons. The minimum absolute atomic E-state index is 0.246. The molecule has 0 amide bonds. The fourth-order valence-corrected chi connectivity index (χ4v) is 5.65. The van der Waals surface area contributed by atoms with Gasteiger partial charge in [0.1, 0.15) is 12.4 Å². The van der Waals surface area contributed by atoms with Crippen molar-refractivity contribution in [3.63, 3.8) is 0 Å². The van der Waals surface area contributed by atoms with Gasteiger partial charge in [-0.05, 0) is 25.3 Å². The summed E-state index contributed by atoms with van der Waals surface area (Å²) < 4.78 is 11.1. The highest BCUT2D eigenvalue weighted by Gasteiger charge is 2.46. The van der Waals surface area contributed by atoms with E-state index in [0.29, 0.717) is 6.61 Å². The normalized spacial score (nSPS) is 22.1. The molecule has 0 aromatic carbocycles. The lowest BCUT2D eigenvalue weighted by Gasteiger charge is -2.43. The van der Waals surface area contributed by atoms with Gasteiger partial charge in [0.2, 0.25) is 0 Å². The van der Waals surface area contributed by atoms with E-state index in [1.54, 1.807) is 7.11 Å². The Labute approximate surface area is 129 Å². The molecule has 0 saturated carbocycles. The van der Waals surface area contributed by atoms with Crippen molar-refractivity contribution < 1.29 is 14.3 Å². The summed E-state index contributed by atoms with van der Waals surface area (Å²) >= 11 is 0. The number of allylic oxidation sites excluding steroid dienone is 3. The molecule has 21 heavy (non-hydrogen) atoms. The first-order chi connectivity index (χ1) is 9.78. The highest BCUT2D eigenvalue weighted by molar-refractivity contribution is 6.83. The molecule has 1 atom stereocenters. The zero-order chi connectivity index (χ0) is 16.1. The molecule has 0 radical (unpaired) electrons. The predicted molar refractivity (Wildman–Crippen MR) is 89.6 cm³/mol. The Morgan fingerprint density at radius 3 is 2.57 bits per heavy atom. The number of ether oxygens (including phenoxy) is 2. The number of carbonyl (C=O) groups excluding carboxylic acids is 1. The minimum atomic E-state index is -1.56. The lowest BCUT2D eigenvalue weighted by Crippen LogP contribution is -2.44. The Bertz CT molecular complexity index is 457. The van der Waals surface area contributed by atoms with Crippen LogP contribution in [-0.4, -0.2) is 27.8 Å². The van der Waals surface area contributed by atoms with Gasteiger partial charge in [-0.25, -0.2) is 0 Å². The number of methoxy groups -OCH3 is 1. The average Bonchev–Trinajstić information content (AvgIpc) is 2.41. The van der Waals surface area contributed by atoms with Gasteiger partial charge in [-0.1, -0.05) is 37.0 Å². The molecule has 1 aliphatic carbocycles. The first-order valence-corrected chi connectivity index (χ1v) is 11.0. The molecule has 0 heterocycles. The third-order valence-electron chi connectivity index (χ3n) is 3.94. The van der Waals surface area contributed by atoms with Gasteiger partial charge in [0.25, 0.3) is 0 Å². The summed E-state index contributed by atoms with van der Waals surface area (Å²) in [5, 5.41) is 1.41. The molecule has 0 fully saturated rings. The van der Waals surface area contributed by atoms with Crippen LogP contribution in [0.25, 0.3) is 0 Å². The summed E-state index contributed by atoms with van der Waals surface area (Å²) in [6.07, 6.45) is 8.94. The van der Waals surface area contributed by atoms with Crippen molar-refractivity contribution in [1.29, 1.82) is 0 Å². The molecular formula is C17H28O3Si. The van der Waals surface area contributed by atoms with Gasteiger partial charge in [-0.3, -0.25) is 4.79 Å². The van der Waals surface area contributed by atoms with Crippen LogP contribution in [-0.2, 0) is 14.3 Å². The van der Waals surface area contributed by atoms with Crippen molar-refractivity contribution in [2.24, 2.45) is 5.41 Å². The van der Waals surface area contributed by atoms with Crippen molar-refractivity contribution in [3.05, 3.63) is 35.8 Å². The van der Waals surface area contributed by atoms with Crippen LogP contribution < -0.4 is 0 Å². The van der Waals surface area contributed by atoms with E-state index in [4.69, 9.17) is 9.47 Å². The Balaban J connectivity index is 3.29. The van der Waals surface area contributed by atoms with E-state index in [0.717, 1.165) is 25.0 Å². The zero-order valence-electron chi connectivity index (χ0n) is 14.0. The van der Waals surface area contributed by atoms with Crippen molar-refractivity contribution in [1.82, 2.24) is 0 Å². The fourth-order valence-electron chi connectivity index (χ4n) is 3.16. The van der Waals surface area contributed by atoms with Crippen LogP contribution >= 0.6 is 0 Å². The van der Waals surface area contributed by atoms with E-state index in [2.05, 4.69) is 38.4 Å². The monoisotopic (exact) mass is 308 g/mol. The fraction of sp³-hybridized carbons (Fsp3) is 0.588. The first kappa shape index (κ1) is 17.8. The van der Waals surface area contributed by atoms with Crippen molar-refractivity contribution in [3.8, 4) is 0 Å². The molecule has 4 heteroatoms. The van der Waals surface area contributed by atoms with Crippen LogP contribution in [0.1, 0.15) is 26.2 Å². The molecule has 0 N–H and O–H groups in total. The van der Waals surface area contributed by atoms with Crippen molar-refractivity contribution >= 4 is 14.0 Å². The van der Waals surface area contributed by atoms with Gasteiger partial charge >= 0.3 is 5.97 Å². The van der Waals surface area contributed by atoms with Gasteiger partial charge in [0.15, 0.2) is 0 Å². The smallest absolute Gasteiger partial charge is 0.302 e. The molecule has 0 aliphatic heterocycles. The van der Waals surface area contributed by atoms with E-state index in [1.807, 2.05) is 6.08 Å². The number of rotatable bonds is 7. The molecule has 0 saturated heterocycles. The van der Waals surface area contributed by atoms with Gasteiger partial charge in [0.05, 0.1) is 20.6 Å². The molecule has 0 aromatic heterocycles. The van der Waals surface area contributed by atoms with Crippen LogP contribution in [0.3, 0.4) is 0 Å². The summed E-state index contributed by atoms with van der Waals surface area (Å²) in [7, 11) is 0.147. The number of hydrogen-bond donors (Lipinski definition) is 0. The maximum absolute atomic E-state index is 11.3. The Morgan fingerprint density at radius 2 is 2.10 bits per heavy atom. The van der Waals surface area contributed by atoms with Crippen LogP contribution in [0, 0.1) is 5.41 Å². The summed E-state index contributed by atoms with van der Waals surface area (Å²) in [4.78, 5) is 11.3. The standard InChI is InChI=1S/C17H28O3Si/c1-7-8-12-17(13-20-14(2)18)15(19-3)10-9-11-16(17)21(4,5)6/h7,10-11H,1,8-9,12-13H2,2-6H3. The summed E-state index contributed by atoms with van der Waals surface area (Å²) in [6.45, 7) is 12.6. The topological polar surface area (TPSA) is 35.5 Å². The lowest BCUT2D eigenvalue weighted by atomic mass is 9.78. The Kier molecular flexibility index (Phi) is 6.02. The van der Waals surface area contributed by atoms with Crippen LogP contribution in [0.15, 0.2) is 35.8 Å². The molecule has 0 aromatic rings. The Morgan fingerprint density at radius 1 is 1.43 bits per heavy atom. The van der Waals surface area contributed by atoms with Crippen molar-refractivity contribution in [2.45, 2.75) is 45.8 Å². The minimum Gasteiger partial charge on any atom is -0.500 e. The predicted octanol–water partition coefficient (Wildman–Crippen LogP) is 4.24. The van der Waals surface area contributed by atoms with Crippen LogP contribution in [0.2, 0.25) is 19.6 Å². The third-order valence-corrected chi connectivity index (χ3v) is 6.24. The number of esters is 1. The Hall–Kier alpha value is -1.29. The second-order valence-corrected chi connectivity index (χ2v) is 11.6. The maximum Gasteiger partial charge on any atom is 0.302 e. The maximum atomic E-state index is 11.3. The number of hydrogen-bond acceptors (Lipinski definition) is 3. The van der Waals surface area contributed by atoms with E-state index in [1.165, 1.54) is 12.1 Å². The van der Waals surface area contributed by atoms with Crippen molar-refractivity contribution in [2.75, 3.05) is 13.7 Å². The molecule has 1 unspecified atom stereocenters. The first-order valence-electron chi connectivity index (χ1n) is 7.48. The second-order valence-electron chi connectivity index (χ2n) is 6.57. The molecule has 3 nitrogen and oxygen atoms in total. The summed E-state index contributed by atoms with van der Waals surface area (Å²) in [5.74, 6) is 0.689. The van der Waals surface area contributed by atoms with Gasteiger partial charge < -0.3 is 9.47 Å². The largest absolute Gasteiger partial charge is 0.500 e. The van der Waals surface area contributed by atoms with Crippen LogP contribution in [0.5, 0.6) is 0 Å². The summed E-state index contributed by atoms with van der Waals surface area (Å²) in [6, 6.07) is 0. The van der Waals surface area contributed by atoms with E-state index in [9.17, 15) is 4.79 Å². The van der Waals surface area contributed by atoms with E-state index in [-0.39, 0.29) is 11.4 Å². The second kappa shape index (κ2) is 7.12. The quantitative estimate of drug-likeness (QED) is 0.401. The van der Waals surface area contributed by atoms with Gasteiger partial charge in [-0.2, -0.15) is 0 Å². The molecule has 0 bridgehead atoms. The third kappa shape index (κ3) is 4.10.